The molecule has 1 aliphatic rings. The van der Waals surface area contributed by atoms with Gasteiger partial charge in [-0.2, -0.15) is 0 Å². The highest BCUT2D eigenvalue weighted by Gasteiger charge is 1.99. The van der Waals surface area contributed by atoms with E-state index in [1.54, 1.807) is 0 Å². The summed E-state index contributed by atoms with van der Waals surface area (Å²) in [7, 11) is 0. The van der Waals surface area contributed by atoms with Crippen molar-refractivity contribution in [2.45, 2.75) is 6.92 Å². The molecule has 0 saturated carbocycles. The van der Waals surface area contributed by atoms with E-state index in [1.165, 1.54) is 5.56 Å². The predicted molar refractivity (Wildman–Crippen MR) is 69.6 cm³/mol. The first kappa shape index (κ1) is 12.2. The van der Waals surface area contributed by atoms with Gasteiger partial charge in [-0.15, -0.1) is 0 Å². The lowest BCUT2D eigenvalue weighted by Gasteiger charge is -1.89. The number of allylic oxidation sites excluding steroid dienone is 1. The van der Waals surface area contributed by atoms with Crippen LogP contribution in [0.2, 0.25) is 0 Å². The van der Waals surface area contributed by atoms with Gasteiger partial charge < -0.3 is 4.74 Å². The molecular formula is C14H17NO. The lowest BCUT2D eigenvalue weighted by molar-refractivity contribution is 0.350. The number of hydrogen-bond acceptors (Lipinski definition) is 2. The summed E-state index contributed by atoms with van der Waals surface area (Å²) in [5, 5.41) is 0. The van der Waals surface area contributed by atoms with Crippen molar-refractivity contribution < 1.29 is 4.74 Å². The molecule has 2 heteroatoms. The van der Waals surface area contributed by atoms with Gasteiger partial charge in [0.15, 0.2) is 0 Å². The second kappa shape index (κ2) is 7.46. The molecule has 1 heterocycles. The number of ether oxygens (including phenoxy) is 1. The average Bonchev–Trinajstić information content (AvgIpc) is 2.84. The van der Waals surface area contributed by atoms with Crippen molar-refractivity contribution in [3.05, 3.63) is 54.6 Å². The molecule has 0 N–H and O–H groups in total. The van der Waals surface area contributed by atoms with Crippen LogP contribution < -0.4 is 0 Å². The summed E-state index contributed by atoms with van der Waals surface area (Å²) in [6, 6.07) is 10.0. The summed E-state index contributed by atoms with van der Waals surface area (Å²) in [6.45, 7) is 7.15. The summed E-state index contributed by atoms with van der Waals surface area (Å²) in [5.74, 6) is 0.771. The van der Waals surface area contributed by atoms with Crippen LogP contribution in [0.3, 0.4) is 0 Å². The summed E-state index contributed by atoms with van der Waals surface area (Å²) in [4.78, 5) is 4.03. The van der Waals surface area contributed by atoms with E-state index >= 15 is 0 Å². The van der Waals surface area contributed by atoms with Crippen LogP contribution in [0, 0.1) is 0 Å². The summed E-state index contributed by atoms with van der Waals surface area (Å²) < 4.78 is 5.06. The van der Waals surface area contributed by atoms with Crippen LogP contribution in [0.1, 0.15) is 12.5 Å². The predicted octanol–water partition coefficient (Wildman–Crippen LogP) is 3.32. The SMILES string of the molecule is C=Cc1ccccc1.CC=CC1=NCCO1. The first-order valence-electron chi connectivity index (χ1n) is 5.34. The van der Waals surface area contributed by atoms with E-state index in [2.05, 4.69) is 11.6 Å². The Bertz CT molecular complexity index is 366. The second-order valence-electron chi connectivity index (χ2n) is 3.18. The van der Waals surface area contributed by atoms with Gasteiger partial charge in [-0.3, -0.25) is 0 Å². The van der Waals surface area contributed by atoms with Crippen molar-refractivity contribution in [2.75, 3.05) is 13.2 Å². The molecule has 0 spiro atoms. The summed E-state index contributed by atoms with van der Waals surface area (Å²) in [5.41, 5.74) is 1.17. The third-order valence-electron chi connectivity index (χ3n) is 1.95. The Morgan fingerprint density at radius 1 is 1.31 bits per heavy atom. The minimum Gasteiger partial charge on any atom is -0.476 e. The van der Waals surface area contributed by atoms with Crippen LogP contribution in [-0.2, 0) is 4.74 Å². The molecule has 0 saturated heterocycles. The molecule has 0 fully saturated rings. The molecule has 0 radical (unpaired) electrons. The van der Waals surface area contributed by atoms with Crippen LogP contribution in [0.25, 0.3) is 6.08 Å². The average molecular weight is 215 g/mol. The van der Waals surface area contributed by atoms with Gasteiger partial charge in [0.1, 0.15) is 6.61 Å². The smallest absolute Gasteiger partial charge is 0.208 e. The highest BCUT2D eigenvalue weighted by atomic mass is 16.5. The highest BCUT2D eigenvalue weighted by molar-refractivity contribution is 5.88. The van der Waals surface area contributed by atoms with E-state index in [0.717, 1.165) is 19.0 Å². The van der Waals surface area contributed by atoms with Gasteiger partial charge in [0.2, 0.25) is 5.90 Å². The monoisotopic (exact) mass is 215 g/mol. The van der Waals surface area contributed by atoms with E-state index in [9.17, 15) is 0 Å². The first-order chi connectivity index (χ1) is 7.86. The fraction of sp³-hybridized carbons (Fsp3) is 0.214. The molecule has 2 nitrogen and oxygen atoms in total. The minimum absolute atomic E-state index is 0.750. The van der Waals surface area contributed by atoms with Crippen molar-refractivity contribution in [1.29, 1.82) is 0 Å². The minimum atomic E-state index is 0.750. The third kappa shape index (κ3) is 4.60. The van der Waals surface area contributed by atoms with Crippen molar-refractivity contribution in [2.24, 2.45) is 4.99 Å². The zero-order chi connectivity index (χ0) is 11.6. The quantitative estimate of drug-likeness (QED) is 0.741. The van der Waals surface area contributed by atoms with Crippen LogP contribution in [0.4, 0.5) is 0 Å². The maximum Gasteiger partial charge on any atom is 0.208 e. The Morgan fingerprint density at radius 3 is 2.50 bits per heavy atom. The van der Waals surface area contributed by atoms with Gasteiger partial charge in [0, 0.05) is 0 Å². The number of aliphatic imine (C=N–C) groups is 1. The van der Waals surface area contributed by atoms with Crippen LogP contribution in [-0.4, -0.2) is 19.0 Å². The lowest BCUT2D eigenvalue weighted by Crippen LogP contribution is -1.92. The Hall–Kier alpha value is -1.83. The third-order valence-corrected chi connectivity index (χ3v) is 1.95. The molecule has 0 atom stereocenters. The van der Waals surface area contributed by atoms with Crippen molar-refractivity contribution >= 4 is 12.0 Å². The van der Waals surface area contributed by atoms with Crippen molar-refractivity contribution in [3.8, 4) is 0 Å². The Morgan fingerprint density at radius 2 is 2.06 bits per heavy atom. The molecule has 1 aliphatic heterocycles. The van der Waals surface area contributed by atoms with Gasteiger partial charge in [0.05, 0.1) is 6.54 Å². The number of hydrogen-bond donors (Lipinski definition) is 0. The van der Waals surface area contributed by atoms with E-state index in [4.69, 9.17) is 4.74 Å². The summed E-state index contributed by atoms with van der Waals surface area (Å²) >= 11 is 0. The number of benzene rings is 1. The fourth-order valence-electron chi connectivity index (χ4n) is 1.18. The van der Waals surface area contributed by atoms with Crippen molar-refractivity contribution in [1.82, 2.24) is 0 Å². The molecule has 0 bridgehead atoms. The maximum atomic E-state index is 5.06. The Labute approximate surface area is 97.0 Å². The van der Waals surface area contributed by atoms with Gasteiger partial charge in [-0.25, -0.2) is 4.99 Å². The van der Waals surface area contributed by atoms with Gasteiger partial charge >= 0.3 is 0 Å². The van der Waals surface area contributed by atoms with E-state index in [1.807, 2.05) is 55.5 Å². The van der Waals surface area contributed by atoms with E-state index in [-0.39, 0.29) is 0 Å². The Kier molecular flexibility index (Phi) is 5.71. The van der Waals surface area contributed by atoms with Gasteiger partial charge in [-0.05, 0) is 18.6 Å². The van der Waals surface area contributed by atoms with E-state index < -0.39 is 0 Å². The summed E-state index contributed by atoms with van der Waals surface area (Å²) in [6.07, 6.45) is 5.62. The largest absolute Gasteiger partial charge is 0.476 e. The molecule has 0 aromatic heterocycles. The number of rotatable bonds is 2. The second-order valence-corrected chi connectivity index (χ2v) is 3.18. The zero-order valence-corrected chi connectivity index (χ0v) is 9.60. The van der Waals surface area contributed by atoms with E-state index in [0.29, 0.717) is 0 Å². The fourth-order valence-corrected chi connectivity index (χ4v) is 1.18. The molecule has 2 rings (SSSR count). The van der Waals surface area contributed by atoms with Gasteiger partial charge in [0.25, 0.3) is 0 Å². The molecule has 1 aromatic rings. The molecule has 16 heavy (non-hydrogen) atoms. The molecule has 0 unspecified atom stereocenters. The molecular weight excluding hydrogens is 198 g/mol. The number of nitrogens with zero attached hydrogens (tertiary/aromatic N) is 1. The molecule has 1 aromatic carbocycles. The van der Waals surface area contributed by atoms with Crippen LogP contribution in [0.15, 0.2) is 54.1 Å². The van der Waals surface area contributed by atoms with Crippen LogP contribution in [0.5, 0.6) is 0 Å². The van der Waals surface area contributed by atoms with Gasteiger partial charge in [-0.1, -0.05) is 49.1 Å². The van der Waals surface area contributed by atoms with Crippen LogP contribution >= 0.6 is 0 Å². The first-order valence-corrected chi connectivity index (χ1v) is 5.34. The van der Waals surface area contributed by atoms with Crippen molar-refractivity contribution in [3.63, 3.8) is 0 Å². The zero-order valence-electron chi connectivity index (χ0n) is 9.60. The molecule has 0 amide bonds. The maximum absolute atomic E-state index is 5.06. The Balaban J connectivity index is 0.000000160. The highest BCUT2D eigenvalue weighted by Crippen LogP contribution is 1.97. The lowest BCUT2D eigenvalue weighted by atomic mass is 10.2. The standard InChI is InChI=1S/C8H8.C6H9NO/c1-2-8-6-4-3-5-7-8;1-2-3-6-7-4-5-8-6/h2-7H,1H2;2-3H,4-5H2,1H3. The molecule has 84 valence electrons. The normalized spacial score (nSPS) is 13.7. The topological polar surface area (TPSA) is 21.6 Å². The molecule has 0 aliphatic carbocycles.